The quantitative estimate of drug-likeness (QED) is 0.146. The highest BCUT2D eigenvalue weighted by Crippen LogP contribution is 2.53. The van der Waals surface area contributed by atoms with Crippen LogP contribution < -0.4 is 14.7 Å². The van der Waals surface area contributed by atoms with Gasteiger partial charge in [-0.3, -0.25) is 0 Å². The number of para-hydroxylation sites is 7. The van der Waals surface area contributed by atoms with Gasteiger partial charge < -0.3 is 23.5 Å². The number of anilines is 9. The minimum Gasteiger partial charge on any atom is -0.456 e. The minimum atomic E-state index is 0.788. The standard InChI is InChI=1S/C54H37N3O2/c1-6-20-38(21-7-1)55(39-22-8-2-9-23-39)47-36-43(37-51-52(47)44-30-16-18-32-48(44)59-51)56(40-24-10-3-11-25-40)46-34-35-50-53(45-31-17-19-33-49(45)58-50)54(46)57(41-26-12-4-13-27-41)42-28-14-5-15-29-42/h1-37H. The van der Waals surface area contributed by atoms with Crippen LogP contribution in [0.3, 0.4) is 0 Å². The van der Waals surface area contributed by atoms with E-state index >= 15 is 0 Å². The third-order valence-corrected chi connectivity index (χ3v) is 11.0. The van der Waals surface area contributed by atoms with Crippen LogP contribution in [0.4, 0.5) is 51.2 Å². The van der Waals surface area contributed by atoms with Gasteiger partial charge in [0.2, 0.25) is 0 Å². The van der Waals surface area contributed by atoms with E-state index in [1.54, 1.807) is 0 Å². The van der Waals surface area contributed by atoms with E-state index in [9.17, 15) is 0 Å². The number of hydrogen-bond donors (Lipinski definition) is 0. The predicted octanol–water partition coefficient (Wildman–Crippen LogP) is 15.9. The number of fused-ring (bicyclic) bond motifs is 6. The molecule has 0 saturated heterocycles. The van der Waals surface area contributed by atoms with Crippen molar-refractivity contribution in [1.82, 2.24) is 0 Å². The Labute approximate surface area is 341 Å². The number of hydrogen-bond acceptors (Lipinski definition) is 5. The van der Waals surface area contributed by atoms with E-state index in [2.05, 4.69) is 221 Å². The summed E-state index contributed by atoms with van der Waals surface area (Å²) in [6, 6.07) is 78.4. The molecule has 0 atom stereocenters. The van der Waals surface area contributed by atoms with Gasteiger partial charge in [0.25, 0.3) is 0 Å². The van der Waals surface area contributed by atoms with Crippen molar-refractivity contribution in [3.8, 4) is 0 Å². The van der Waals surface area contributed by atoms with Gasteiger partial charge in [-0.1, -0.05) is 127 Å². The van der Waals surface area contributed by atoms with E-state index in [1.165, 1.54) is 0 Å². The van der Waals surface area contributed by atoms with Crippen molar-refractivity contribution in [2.45, 2.75) is 0 Å². The van der Waals surface area contributed by atoms with Crippen LogP contribution in [-0.2, 0) is 0 Å². The predicted molar refractivity (Wildman–Crippen MR) is 245 cm³/mol. The summed E-state index contributed by atoms with van der Waals surface area (Å²) in [5.41, 5.74) is 12.3. The summed E-state index contributed by atoms with van der Waals surface area (Å²) in [5, 5.41) is 4.15. The van der Waals surface area contributed by atoms with E-state index in [-0.39, 0.29) is 0 Å². The molecule has 280 valence electrons. The Bertz CT molecular complexity index is 3140. The fraction of sp³-hybridized carbons (Fsp3) is 0. The first-order chi connectivity index (χ1) is 29.3. The van der Waals surface area contributed by atoms with E-state index in [4.69, 9.17) is 8.83 Å². The van der Waals surface area contributed by atoms with Crippen LogP contribution >= 0.6 is 0 Å². The Balaban J connectivity index is 1.27. The summed E-state index contributed by atoms with van der Waals surface area (Å²) in [6.45, 7) is 0. The van der Waals surface area contributed by atoms with Crippen LogP contribution in [0.2, 0.25) is 0 Å². The molecule has 2 aromatic heterocycles. The van der Waals surface area contributed by atoms with Crippen molar-refractivity contribution < 1.29 is 8.83 Å². The van der Waals surface area contributed by atoms with Crippen molar-refractivity contribution >= 4 is 95.1 Å². The maximum Gasteiger partial charge on any atom is 0.139 e. The lowest BCUT2D eigenvalue weighted by Crippen LogP contribution is -2.18. The lowest BCUT2D eigenvalue weighted by Gasteiger charge is -2.34. The zero-order valence-corrected chi connectivity index (χ0v) is 32.0. The van der Waals surface area contributed by atoms with Gasteiger partial charge in [-0.15, -0.1) is 0 Å². The van der Waals surface area contributed by atoms with Gasteiger partial charge in [0.15, 0.2) is 0 Å². The lowest BCUT2D eigenvalue weighted by molar-refractivity contribution is 0.668. The van der Waals surface area contributed by atoms with Gasteiger partial charge in [0.1, 0.15) is 22.3 Å². The topological polar surface area (TPSA) is 36.0 Å². The number of rotatable bonds is 9. The van der Waals surface area contributed by atoms with Gasteiger partial charge in [-0.25, -0.2) is 0 Å². The molecule has 11 rings (SSSR count). The van der Waals surface area contributed by atoms with E-state index in [1.807, 2.05) is 18.2 Å². The SMILES string of the molecule is c1ccc(N(c2cc(N(c3ccccc3)c3ccccc3)c3c(c2)oc2ccccc23)c2ccc3oc4ccccc4c3c2N(c2ccccc2)c2ccccc2)cc1. The summed E-state index contributed by atoms with van der Waals surface area (Å²) < 4.78 is 13.5. The molecule has 0 spiro atoms. The second kappa shape index (κ2) is 14.5. The Kier molecular flexibility index (Phi) is 8.41. The molecule has 0 aliphatic rings. The van der Waals surface area contributed by atoms with Crippen molar-refractivity contribution in [2.75, 3.05) is 14.7 Å². The molecule has 0 N–H and O–H groups in total. The largest absolute Gasteiger partial charge is 0.456 e. The molecule has 0 fully saturated rings. The van der Waals surface area contributed by atoms with Crippen molar-refractivity contribution in [3.05, 3.63) is 224 Å². The highest BCUT2D eigenvalue weighted by atomic mass is 16.3. The van der Waals surface area contributed by atoms with Gasteiger partial charge in [-0.05, 0) is 91.0 Å². The third kappa shape index (κ3) is 5.96. The third-order valence-electron chi connectivity index (χ3n) is 11.0. The second-order valence-corrected chi connectivity index (χ2v) is 14.5. The molecule has 0 amide bonds. The molecule has 0 unspecified atom stereocenters. The van der Waals surface area contributed by atoms with Crippen LogP contribution in [0.5, 0.6) is 0 Å². The van der Waals surface area contributed by atoms with E-state index in [0.717, 1.165) is 95.1 Å². The Morgan fingerprint density at radius 2 is 0.644 bits per heavy atom. The summed E-state index contributed by atoms with van der Waals surface area (Å²) in [5.74, 6) is 0. The van der Waals surface area contributed by atoms with Crippen molar-refractivity contribution in [2.24, 2.45) is 0 Å². The minimum absolute atomic E-state index is 0.788. The zero-order chi connectivity index (χ0) is 39.1. The molecule has 5 heteroatoms. The lowest BCUT2D eigenvalue weighted by atomic mass is 10.0. The number of furan rings is 2. The van der Waals surface area contributed by atoms with E-state index in [0.29, 0.717) is 0 Å². The molecular weight excluding hydrogens is 723 g/mol. The Morgan fingerprint density at radius 1 is 0.254 bits per heavy atom. The molecule has 0 radical (unpaired) electrons. The highest BCUT2D eigenvalue weighted by molar-refractivity contribution is 6.19. The molecule has 0 bridgehead atoms. The van der Waals surface area contributed by atoms with Gasteiger partial charge in [-0.2, -0.15) is 0 Å². The Hall–Kier alpha value is -8.02. The van der Waals surface area contributed by atoms with Crippen LogP contribution in [0.25, 0.3) is 43.9 Å². The molecule has 5 nitrogen and oxygen atoms in total. The molecule has 59 heavy (non-hydrogen) atoms. The first kappa shape index (κ1) is 34.2. The van der Waals surface area contributed by atoms with Crippen LogP contribution in [-0.4, -0.2) is 0 Å². The normalized spacial score (nSPS) is 11.4. The average molecular weight is 760 g/mol. The summed E-state index contributed by atoms with van der Waals surface area (Å²) in [6.07, 6.45) is 0. The monoisotopic (exact) mass is 759 g/mol. The first-order valence-electron chi connectivity index (χ1n) is 19.9. The summed E-state index contributed by atoms with van der Waals surface area (Å²) in [7, 11) is 0. The van der Waals surface area contributed by atoms with Crippen molar-refractivity contribution in [1.29, 1.82) is 0 Å². The molecule has 0 aliphatic heterocycles. The summed E-state index contributed by atoms with van der Waals surface area (Å²) >= 11 is 0. The van der Waals surface area contributed by atoms with Crippen LogP contribution in [0.1, 0.15) is 0 Å². The number of nitrogens with zero attached hydrogens (tertiary/aromatic N) is 3. The fourth-order valence-corrected chi connectivity index (χ4v) is 8.47. The Morgan fingerprint density at radius 3 is 1.14 bits per heavy atom. The molecule has 2 heterocycles. The highest BCUT2D eigenvalue weighted by Gasteiger charge is 2.29. The maximum atomic E-state index is 6.83. The fourth-order valence-electron chi connectivity index (χ4n) is 8.47. The van der Waals surface area contributed by atoms with Crippen LogP contribution in [0, 0.1) is 0 Å². The number of benzene rings is 9. The van der Waals surface area contributed by atoms with E-state index < -0.39 is 0 Å². The first-order valence-corrected chi connectivity index (χ1v) is 19.9. The maximum absolute atomic E-state index is 6.83. The average Bonchev–Trinajstić information content (AvgIpc) is 3.88. The molecule has 11 aromatic rings. The molecule has 0 saturated carbocycles. The summed E-state index contributed by atoms with van der Waals surface area (Å²) in [4.78, 5) is 7.06. The zero-order valence-electron chi connectivity index (χ0n) is 32.0. The second-order valence-electron chi connectivity index (χ2n) is 14.5. The van der Waals surface area contributed by atoms with Crippen LogP contribution in [0.15, 0.2) is 233 Å². The molecule has 9 aromatic carbocycles. The van der Waals surface area contributed by atoms with Gasteiger partial charge in [0.05, 0.1) is 33.5 Å². The van der Waals surface area contributed by atoms with Crippen molar-refractivity contribution in [3.63, 3.8) is 0 Å². The smallest absolute Gasteiger partial charge is 0.139 e. The van der Waals surface area contributed by atoms with Gasteiger partial charge in [0, 0.05) is 45.3 Å². The molecular formula is C54H37N3O2. The van der Waals surface area contributed by atoms with Gasteiger partial charge >= 0.3 is 0 Å². The molecule has 0 aliphatic carbocycles.